The first kappa shape index (κ1) is 19.5. The van der Waals surface area contributed by atoms with Crippen LogP contribution in [0.15, 0.2) is 45.3 Å². The standard InChI is InChI=1S/C23H27N3O3/c1-15-8-11-21(28-15)20(26(2)3)14-24-23(27)19-13-22(29-25-19)18-10-9-16-6-4-5-7-17(16)12-18/h8-13,20H,4-7,14H2,1-3H3,(H,24,27). The number of aryl methyl sites for hydroxylation is 3. The van der Waals surface area contributed by atoms with Gasteiger partial charge in [-0.15, -0.1) is 0 Å². The summed E-state index contributed by atoms with van der Waals surface area (Å²) in [5.41, 5.74) is 4.04. The number of likely N-dealkylation sites (N-methyl/N-ethyl adjacent to an activating group) is 1. The van der Waals surface area contributed by atoms with Crippen LogP contribution >= 0.6 is 0 Å². The summed E-state index contributed by atoms with van der Waals surface area (Å²) in [5.74, 6) is 2.04. The molecular formula is C23H27N3O3. The molecule has 6 nitrogen and oxygen atoms in total. The molecule has 1 N–H and O–H groups in total. The van der Waals surface area contributed by atoms with Crippen LogP contribution in [0.4, 0.5) is 0 Å². The second-order valence-corrected chi connectivity index (χ2v) is 7.90. The number of fused-ring (bicyclic) bond motifs is 1. The summed E-state index contributed by atoms with van der Waals surface area (Å²) in [6.45, 7) is 2.33. The van der Waals surface area contributed by atoms with E-state index in [0.717, 1.165) is 29.9 Å². The molecule has 0 saturated carbocycles. The van der Waals surface area contributed by atoms with Crippen LogP contribution in [0.1, 0.15) is 52.0 Å². The van der Waals surface area contributed by atoms with Crippen molar-refractivity contribution in [2.24, 2.45) is 0 Å². The molecule has 0 fully saturated rings. The minimum atomic E-state index is -0.256. The van der Waals surface area contributed by atoms with Crippen molar-refractivity contribution in [3.63, 3.8) is 0 Å². The number of amides is 1. The van der Waals surface area contributed by atoms with Gasteiger partial charge >= 0.3 is 0 Å². The topological polar surface area (TPSA) is 71.5 Å². The average molecular weight is 393 g/mol. The Morgan fingerprint density at radius 1 is 1.14 bits per heavy atom. The fourth-order valence-electron chi connectivity index (χ4n) is 3.86. The molecule has 2 heterocycles. The Balaban J connectivity index is 1.44. The van der Waals surface area contributed by atoms with E-state index in [0.29, 0.717) is 12.3 Å². The number of nitrogens with one attached hydrogen (secondary N) is 1. The molecule has 29 heavy (non-hydrogen) atoms. The summed E-state index contributed by atoms with van der Waals surface area (Å²) >= 11 is 0. The van der Waals surface area contributed by atoms with Crippen LogP contribution < -0.4 is 5.32 Å². The summed E-state index contributed by atoms with van der Waals surface area (Å²) in [7, 11) is 3.91. The first-order valence-electron chi connectivity index (χ1n) is 10.1. The van der Waals surface area contributed by atoms with Crippen molar-refractivity contribution in [1.82, 2.24) is 15.4 Å². The predicted molar refractivity (Wildman–Crippen MR) is 111 cm³/mol. The normalized spacial score (nSPS) is 14.6. The highest BCUT2D eigenvalue weighted by molar-refractivity contribution is 5.93. The largest absolute Gasteiger partial charge is 0.465 e. The fraction of sp³-hybridized carbons (Fsp3) is 0.391. The summed E-state index contributed by atoms with van der Waals surface area (Å²) in [5, 5.41) is 6.92. The summed E-state index contributed by atoms with van der Waals surface area (Å²) in [6.07, 6.45) is 4.72. The molecule has 0 spiro atoms. The number of hydrogen-bond donors (Lipinski definition) is 1. The first-order chi connectivity index (χ1) is 14.0. The van der Waals surface area contributed by atoms with E-state index in [1.165, 1.54) is 24.0 Å². The quantitative estimate of drug-likeness (QED) is 0.681. The number of aromatic nitrogens is 1. The van der Waals surface area contributed by atoms with Gasteiger partial charge in [-0.3, -0.25) is 9.69 Å². The molecule has 1 aromatic carbocycles. The zero-order chi connectivity index (χ0) is 20.4. The van der Waals surface area contributed by atoms with Crippen molar-refractivity contribution >= 4 is 5.91 Å². The Kier molecular flexibility index (Phi) is 5.53. The van der Waals surface area contributed by atoms with E-state index in [1.54, 1.807) is 6.07 Å². The summed E-state index contributed by atoms with van der Waals surface area (Å²) in [6, 6.07) is 11.9. The number of benzene rings is 1. The lowest BCUT2D eigenvalue weighted by Crippen LogP contribution is -2.34. The van der Waals surface area contributed by atoms with Crippen molar-refractivity contribution in [1.29, 1.82) is 0 Å². The van der Waals surface area contributed by atoms with Gasteiger partial charge < -0.3 is 14.3 Å². The van der Waals surface area contributed by atoms with Crippen molar-refractivity contribution in [2.75, 3.05) is 20.6 Å². The Hall–Kier alpha value is -2.86. The van der Waals surface area contributed by atoms with Gasteiger partial charge in [-0.05, 0) is 76.0 Å². The highest BCUT2D eigenvalue weighted by Gasteiger charge is 2.21. The lowest BCUT2D eigenvalue weighted by atomic mass is 9.90. The van der Waals surface area contributed by atoms with Crippen molar-refractivity contribution in [2.45, 2.75) is 38.6 Å². The van der Waals surface area contributed by atoms with Gasteiger partial charge in [0.15, 0.2) is 11.5 Å². The SMILES string of the molecule is Cc1ccc(C(CNC(=O)c2cc(-c3ccc4c(c3)CCCC4)on2)N(C)C)o1. The molecule has 1 unspecified atom stereocenters. The Labute approximate surface area is 170 Å². The Bertz CT molecular complexity index is 1000. The molecule has 2 aromatic heterocycles. The predicted octanol–water partition coefficient (Wildman–Crippen LogP) is 4.15. The van der Waals surface area contributed by atoms with E-state index in [1.807, 2.05) is 44.1 Å². The van der Waals surface area contributed by atoms with Crippen LogP contribution in [-0.4, -0.2) is 36.6 Å². The minimum absolute atomic E-state index is 0.0559. The van der Waals surface area contributed by atoms with Crippen LogP contribution in [0.3, 0.4) is 0 Å². The third-order valence-electron chi connectivity index (χ3n) is 5.54. The molecule has 0 radical (unpaired) electrons. The summed E-state index contributed by atoms with van der Waals surface area (Å²) in [4.78, 5) is 14.6. The Morgan fingerprint density at radius 2 is 1.93 bits per heavy atom. The van der Waals surface area contributed by atoms with Gasteiger partial charge in [-0.1, -0.05) is 17.3 Å². The highest BCUT2D eigenvalue weighted by Crippen LogP contribution is 2.28. The maximum absolute atomic E-state index is 12.6. The maximum atomic E-state index is 12.6. The van der Waals surface area contributed by atoms with Crippen LogP contribution in [-0.2, 0) is 12.8 Å². The van der Waals surface area contributed by atoms with Crippen molar-refractivity contribution in [3.8, 4) is 11.3 Å². The molecule has 0 aliphatic heterocycles. The third kappa shape index (κ3) is 4.27. The van der Waals surface area contributed by atoms with Crippen LogP contribution in [0.25, 0.3) is 11.3 Å². The number of carbonyl (C=O) groups is 1. The van der Waals surface area contributed by atoms with E-state index in [2.05, 4.69) is 22.6 Å². The van der Waals surface area contributed by atoms with Crippen molar-refractivity contribution in [3.05, 3.63) is 64.7 Å². The molecule has 3 aromatic rings. The van der Waals surface area contributed by atoms with Gasteiger partial charge in [0.2, 0.25) is 0 Å². The highest BCUT2D eigenvalue weighted by atomic mass is 16.5. The number of hydrogen-bond acceptors (Lipinski definition) is 5. The fourth-order valence-corrected chi connectivity index (χ4v) is 3.86. The number of furan rings is 1. The molecule has 4 rings (SSSR count). The second kappa shape index (κ2) is 8.25. The Morgan fingerprint density at radius 3 is 2.66 bits per heavy atom. The molecule has 1 atom stereocenters. The van der Waals surface area contributed by atoms with E-state index >= 15 is 0 Å². The van der Waals surface area contributed by atoms with E-state index in [-0.39, 0.29) is 17.6 Å². The molecule has 152 valence electrons. The maximum Gasteiger partial charge on any atom is 0.273 e. The van der Waals surface area contributed by atoms with E-state index in [4.69, 9.17) is 8.94 Å². The van der Waals surface area contributed by atoms with Crippen molar-refractivity contribution < 1.29 is 13.7 Å². The molecule has 1 aliphatic rings. The van der Waals surface area contributed by atoms with Gasteiger partial charge in [0, 0.05) is 18.2 Å². The lowest BCUT2D eigenvalue weighted by Gasteiger charge is -2.22. The number of nitrogens with zero attached hydrogens (tertiary/aromatic N) is 2. The zero-order valence-electron chi connectivity index (χ0n) is 17.2. The number of rotatable bonds is 6. The van der Waals surface area contributed by atoms with Gasteiger partial charge in [0.1, 0.15) is 11.5 Å². The number of carbonyl (C=O) groups excluding carboxylic acids is 1. The minimum Gasteiger partial charge on any atom is -0.465 e. The third-order valence-corrected chi connectivity index (χ3v) is 5.54. The van der Waals surface area contributed by atoms with Gasteiger partial charge in [0.25, 0.3) is 5.91 Å². The molecular weight excluding hydrogens is 366 g/mol. The van der Waals surface area contributed by atoms with Gasteiger partial charge in [-0.25, -0.2) is 0 Å². The monoisotopic (exact) mass is 393 g/mol. The van der Waals surface area contributed by atoms with Crippen LogP contribution in [0.2, 0.25) is 0 Å². The van der Waals surface area contributed by atoms with Crippen LogP contribution in [0, 0.1) is 6.92 Å². The first-order valence-corrected chi connectivity index (χ1v) is 10.1. The molecule has 0 bridgehead atoms. The molecule has 6 heteroatoms. The molecule has 1 aliphatic carbocycles. The van der Waals surface area contributed by atoms with Crippen LogP contribution in [0.5, 0.6) is 0 Å². The molecule has 0 saturated heterocycles. The summed E-state index contributed by atoms with van der Waals surface area (Å²) < 4.78 is 11.2. The lowest BCUT2D eigenvalue weighted by molar-refractivity contribution is 0.0930. The second-order valence-electron chi connectivity index (χ2n) is 7.90. The smallest absolute Gasteiger partial charge is 0.273 e. The van der Waals surface area contributed by atoms with E-state index in [9.17, 15) is 4.79 Å². The van der Waals surface area contributed by atoms with Gasteiger partial charge in [-0.2, -0.15) is 0 Å². The van der Waals surface area contributed by atoms with Gasteiger partial charge in [0.05, 0.1) is 6.04 Å². The van der Waals surface area contributed by atoms with E-state index < -0.39 is 0 Å². The average Bonchev–Trinajstić information content (AvgIpc) is 3.37. The zero-order valence-corrected chi connectivity index (χ0v) is 17.2. The molecule has 1 amide bonds.